The second-order valence-corrected chi connectivity index (χ2v) is 7.20. The van der Waals surface area contributed by atoms with E-state index in [0.29, 0.717) is 6.42 Å². The standard InChI is InChI=1S/C20H27NO4/c22-19(13-25-16-9-2-3-10-16)21-18(20(23)24)12-15-8-5-7-14-6-1-4-11-17(14)15/h1,4,6,11,15-16,18H,2-3,5,7-10,12-13H2,(H,21,22)(H,23,24). The van der Waals surface area contributed by atoms with Crippen LogP contribution < -0.4 is 5.32 Å². The molecule has 0 aliphatic heterocycles. The zero-order valence-corrected chi connectivity index (χ0v) is 14.6. The molecule has 0 spiro atoms. The average molecular weight is 345 g/mol. The number of carboxylic acid groups (broad SMARTS) is 1. The zero-order valence-electron chi connectivity index (χ0n) is 14.6. The van der Waals surface area contributed by atoms with Gasteiger partial charge in [-0.1, -0.05) is 37.1 Å². The summed E-state index contributed by atoms with van der Waals surface area (Å²) in [6, 6.07) is 7.36. The fourth-order valence-electron chi connectivity index (χ4n) is 4.09. The third kappa shape index (κ3) is 4.82. The molecule has 1 aromatic carbocycles. The van der Waals surface area contributed by atoms with Gasteiger partial charge in [0.25, 0.3) is 0 Å². The van der Waals surface area contributed by atoms with Crippen LogP contribution in [-0.2, 0) is 20.7 Å². The van der Waals surface area contributed by atoms with E-state index in [2.05, 4.69) is 17.4 Å². The van der Waals surface area contributed by atoms with Crippen LogP contribution in [0.4, 0.5) is 0 Å². The second kappa shape index (κ2) is 8.48. The van der Waals surface area contributed by atoms with Crippen molar-refractivity contribution in [3.8, 4) is 0 Å². The van der Waals surface area contributed by atoms with E-state index in [1.54, 1.807) is 0 Å². The molecule has 2 aliphatic rings. The highest BCUT2D eigenvalue weighted by Crippen LogP contribution is 2.34. The topological polar surface area (TPSA) is 75.6 Å². The smallest absolute Gasteiger partial charge is 0.326 e. The maximum atomic E-state index is 12.1. The SMILES string of the molecule is O=C(COC1CCCC1)NC(CC1CCCc2ccccc21)C(=O)O. The molecule has 0 aromatic heterocycles. The number of ether oxygens (including phenoxy) is 1. The van der Waals surface area contributed by atoms with E-state index in [0.717, 1.165) is 44.9 Å². The summed E-state index contributed by atoms with van der Waals surface area (Å²) < 4.78 is 5.59. The van der Waals surface area contributed by atoms with Gasteiger partial charge in [-0.15, -0.1) is 0 Å². The Morgan fingerprint density at radius 1 is 1.16 bits per heavy atom. The molecule has 1 aromatic rings. The van der Waals surface area contributed by atoms with Crippen molar-refractivity contribution in [2.24, 2.45) is 0 Å². The molecule has 0 bridgehead atoms. The van der Waals surface area contributed by atoms with Crippen LogP contribution in [0, 0.1) is 0 Å². The predicted octanol–water partition coefficient (Wildman–Crippen LogP) is 3.03. The summed E-state index contributed by atoms with van der Waals surface area (Å²) in [5.41, 5.74) is 2.54. The molecule has 5 heteroatoms. The number of hydrogen-bond donors (Lipinski definition) is 2. The zero-order chi connectivity index (χ0) is 17.6. The fourth-order valence-corrected chi connectivity index (χ4v) is 4.09. The highest BCUT2D eigenvalue weighted by Gasteiger charge is 2.28. The number of carbonyl (C=O) groups is 2. The molecule has 2 N–H and O–H groups in total. The molecule has 1 amide bonds. The Morgan fingerprint density at radius 2 is 1.92 bits per heavy atom. The number of aliphatic carboxylic acids is 1. The third-order valence-corrected chi connectivity index (χ3v) is 5.40. The summed E-state index contributed by atoms with van der Waals surface area (Å²) in [6.07, 6.45) is 7.94. The molecule has 2 aliphatic carbocycles. The highest BCUT2D eigenvalue weighted by molar-refractivity contribution is 5.84. The Hall–Kier alpha value is -1.88. The summed E-state index contributed by atoms with van der Waals surface area (Å²) in [6.45, 7) is -0.0459. The molecule has 25 heavy (non-hydrogen) atoms. The number of hydrogen-bond acceptors (Lipinski definition) is 3. The first-order valence-corrected chi connectivity index (χ1v) is 9.35. The van der Waals surface area contributed by atoms with Gasteiger partial charge in [-0.2, -0.15) is 0 Å². The van der Waals surface area contributed by atoms with Crippen molar-refractivity contribution in [1.82, 2.24) is 5.32 Å². The largest absolute Gasteiger partial charge is 0.480 e. The van der Waals surface area contributed by atoms with Crippen molar-refractivity contribution in [3.63, 3.8) is 0 Å². The van der Waals surface area contributed by atoms with Gasteiger partial charge in [-0.05, 0) is 55.6 Å². The predicted molar refractivity (Wildman–Crippen MR) is 94.5 cm³/mol. The molecule has 136 valence electrons. The van der Waals surface area contributed by atoms with Gasteiger partial charge in [0.05, 0.1) is 6.10 Å². The summed E-state index contributed by atoms with van der Waals surface area (Å²) in [4.78, 5) is 23.7. The molecular formula is C20H27NO4. The lowest BCUT2D eigenvalue weighted by molar-refractivity contribution is -0.143. The monoisotopic (exact) mass is 345 g/mol. The Bertz CT molecular complexity index is 609. The number of amides is 1. The number of carbonyl (C=O) groups excluding carboxylic acids is 1. The van der Waals surface area contributed by atoms with Crippen LogP contribution in [0.3, 0.4) is 0 Å². The average Bonchev–Trinajstić information content (AvgIpc) is 3.13. The Kier molecular flexibility index (Phi) is 6.08. The number of nitrogens with one attached hydrogen (secondary N) is 1. The molecule has 0 saturated heterocycles. The van der Waals surface area contributed by atoms with Crippen LogP contribution in [-0.4, -0.2) is 35.7 Å². The van der Waals surface area contributed by atoms with Crippen molar-refractivity contribution in [2.45, 2.75) is 69.4 Å². The van der Waals surface area contributed by atoms with E-state index in [1.807, 2.05) is 12.1 Å². The number of carboxylic acids is 1. The minimum absolute atomic E-state index is 0.0459. The first kappa shape index (κ1) is 17.9. The van der Waals surface area contributed by atoms with Crippen LogP contribution >= 0.6 is 0 Å². The molecule has 1 saturated carbocycles. The van der Waals surface area contributed by atoms with Crippen LogP contribution in [0.5, 0.6) is 0 Å². The van der Waals surface area contributed by atoms with E-state index in [-0.39, 0.29) is 24.5 Å². The first-order valence-electron chi connectivity index (χ1n) is 9.35. The minimum Gasteiger partial charge on any atom is -0.480 e. The van der Waals surface area contributed by atoms with E-state index in [4.69, 9.17) is 4.74 Å². The molecule has 0 heterocycles. The molecule has 1 fully saturated rings. The maximum Gasteiger partial charge on any atom is 0.326 e. The summed E-state index contributed by atoms with van der Waals surface area (Å²) in [5.74, 6) is -1.12. The van der Waals surface area contributed by atoms with Crippen molar-refractivity contribution in [2.75, 3.05) is 6.61 Å². The van der Waals surface area contributed by atoms with E-state index >= 15 is 0 Å². The third-order valence-electron chi connectivity index (χ3n) is 5.40. The second-order valence-electron chi connectivity index (χ2n) is 7.20. The summed E-state index contributed by atoms with van der Waals surface area (Å²) in [7, 11) is 0. The van der Waals surface area contributed by atoms with Crippen LogP contribution in [0.1, 0.15) is 62.0 Å². The number of fused-ring (bicyclic) bond motifs is 1. The maximum absolute atomic E-state index is 12.1. The van der Waals surface area contributed by atoms with Crippen LogP contribution in [0.2, 0.25) is 0 Å². The fraction of sp³-hybridized carbons (Fsp3) is 0.600. The van der Waals surface area contributed by atoms with Gasteiger partial charge in [0.15, 0.2) is 0 Å². The Morgan fingerprint density at radius 3 is 2.68 bits per heavy atom. The lowest BCUT2D eigenvalue weighted by atomic mass is 9.79. The van der Waals surface area contributed by atoms with Crippen molar-refractivity contribution < 1.29 is 19.4 Å². The van der Waals surface area contributed by atoms with E-state index in [9.17, 15) is 14.7 Å². The molecular weight excluding hydrogens is 318 g/mol. The van der Waals surface area contributed by atoms with Crippen molar-refractivity contribution in [1.29, 1.82) is 0 Å². The van der Waals surface area contributed by atoms with Gasteiger partial charge in [-0.3, -0.25) is 4.79 Å². The lowest BCUT2D eigenvalue weighted by Gasteiger charge is -2.28. The molecule has 2 atom stereocenters. The number of rotatable bonds is 7. The van der Waals surface area contributed by atoms with Gasteiger partial charge in [0.2, 0.25) is 5.91 Å². The van der Waals surface area contributed by atoms with Gasteiger partial charge in [-0.25, -0.2) is 4.79 Å². The lowest BCUT2D eigenvalue weighted by Crippen LogP contribution is -2.44. The molecule has 2 unspecified atom stereocenters. The van der Waals surface area contributed by atoms with E-state index < -0.39 is 12.0 Å². The number of aryl methyl sites for hydroxylation is 1. The Balaban J connectivity index is 1.56. The number of benzene rings is 1. The van der Waals surface area contributed by atoms with Crippen LogP contribution in [0.15, 0.2) is 24.3 Å². The molecule has 0 radical (unpaired) electrons. The van der Waals surface area contributed by atoms with Gasteiger partial charge < -0.3 is 15.2 Å². The summed E-state index contributed by atoms with van der Waals surface area (Å²) in [5, 5.41) is 12.2. The molecule has 3 rings (SSSR count). The first-order chi connectivity index (χ1) is 12.1. The van der Waals surface area contributed by atoms with E-state index in [1.165, 1.54) is 11.1 Å². The highest BCUT2D eigenvalue weighted by atomic mass is 16.5. The van der Waals surface area contributed by atoms with Crippen LogP contribution in [0.25, 0.3) is 0 Å². The molecule has 5 nitrogen and oxygen atoms in total. The van der Waals surface area contributed by atoms with Crippen molar-refractivity contribution in [3.05, 3.63) is 35.4 Å². The van der Waals surface area contributed by atoms with Gasteiger partial charge in [0, 0.05) is 0 Å². The summed E-state index contributed by atoms with van der Waals surface area (Å²) >= 11 is 0. The van der Waals surface area contributed by atoms with Gasteiger partial charge >= 0.3 is 5.97 Å². The minimum atomic E-state index is -0.975. The quantitative estimate of drug-likeness (QED) is 0.796. The Labute approximate surface area is 148 Å². The van der Waals surface area contributed by atoms with Crippen molar-refractivity contribution >= 4 is 11.9 Å². The van der Waals surface area contributed by atoms with Gasteiger partial charge in [0.1, 0.15) is 12.6 Å². The normalized spacial score (nSPS) is 21.5.